The van der Waals surface area contributed by atoms with Gasteiger partial charge in [-0.05, 0) is 38.0 Å². The summed E-state index contributed by atoms with van der Waals surface area (Å²) in [6.45, 7) is 5.36. The first-order chi connectivity index (χ1) is 14.8. The zero-order chi connectivity index (χ0) is 22.2. The fourth-order valence-corrected chi connectivity index (χ4v) is 6.20. The minimum Gasteiger partial charge on any atom is -0.495 e. The van der Waals surface area contributed by atoms with Crippen LogP contribution in [-0.2, 0) is 17.1 Å². The molecule has 0 radical (unpaired) electrons. The van der Waals surface area contributed by atoms with Crippen molar-refractivity contribution < 1.29 is 17.9 Å². The zero-order valence-corrected chi connectivity index (χ0v) is 19.2. The van der Waals surface area contributed by atoms with Crippen LogP contribution in [0.4, 0.5) is 5.69 Å². The highest BCUT2D eigenvalue weighted by Gasteiger charge is 2.33. The van der Waals surface area contributed by atoms with Gasteiger partial charge in [0.2, 0.25) is 10.0 Å². The second kappa shape index (κ2) is 8.55. The lowest BCUT2D eigenvalue weighted by atomic mass is 10.2. The van der Waals surface area contributed by atoms with Crippen LogP contribution in [0.25, 0.3) is 0 Å². The average Bonchev–Trinajstić information content (AvgIpc) is 3.43. The molecular weight excluding hydrogens is 416 g/mol. The van der Waals surface area contributed by atoms with Gasteiger partial charge in [0, 0.05) is 52.0 Å². The van der Waals surface area contributed by atoms with Crippen molar-refractivity contribution in [3.05, 3.63) is 41.7 Å². The van der Waals surface area contributed by atoms with Crippen LogP contribution in [0.3, 0.4) is 0 Å². The van der Waals surface area contributed by atoms with Gasteiger partial charge >= 0.3 is 0 Å². The molecule has 2 saturated heterocycles. The molecule has 0 aliphatic carbocycles. The summed E-state index contributed by atoms with van der Waals surface area (Å²) in [5, 5.41) is 0. The summed E-state index contributed by atoms with van der Waals surface area (Å²) < 4.78 is 34.8. The molecular formula is C22H30N4O4S. The smallest absolute Gasteiger partial charge is 0.270 e. The van der Waals surface area contributed by atoms with E-state index in [2.05, 4.69) is 4.90 Å². The molecule has 0 unspecified atom stereocenters. The molecule has 1 aromatic carbocycles. The molecule has 2 aliphatic rings. The summed E-state index contributed by atoms with van der Waals surface area (Å²) in [6.07, 6.45) is 1.76. The number of carbonyl (C=O) groups excluding carboxylic acids is 1. The van der Waals surface area contributed by atoms with E-state index in [1.54, 1.807) is 36.6 Å². The number of benzene rings is 1. The number of anilines is 1. The third kappa shape index (κ3) is 3.92. The van der Waals surface area contributed by atoms with Crippen LogP contribution in [0.5, 0.6) is 5.75 Å². The normalized spacial score (nSPS) is 17.9. The molecule has 168 valence electrons. The van der Waals surface area contributed by atoms with E-state index in [0.717, 1.165) is 24.3 Å². The van der Waals surface area contributed by atoms with E-state index < -0.39 is 10.0 Å². The fraction of sp³-hybridized carbons (Fsp3) is 0.500. The number of hydrogen-bond acceptors (Lipinski definition) is 5. The van der Waals surface area contributed by atoms with Gasteiger partial charge in [-0.25, -0.2) is 8.42 Å². The molecule has 2 aromatic rings. The minimum atomic E-state index is -3.57. The number of aromatic nitrogens is 1. The number of carbonyl (C=O) groups is 1. The highest BCUT2D eigenvalue weighted by Crippen LogP contribution is 2.30. The molecule has 0 atom stereocenters. The number of hydrogen-bond donors (Lipinski definition) is 0. The molecule has 0 saturated carbocycles. The van der Waals surface area contributed by atoms with Crippen LogP contribution in [-0.4, -0.2) is 74.5 Å². The number of piperazine rings is 1. The first-order valence-corrected chi connectivity index (χ1v) is 12.1. The zero-order valence-electron chi connectivity index (χ0n) is 18.4. The molecule has 0 N–H and O–H groups in total. The number of ether oxygens (including phenoxy) is 1. The summed E-state index contributed by atoms with van der Waals surface area (Å²) in [7, 11) is -0.151. The molecule has 1 aromatic heterocycles. The van der Waals surface area contributed by atoms with Gasteiger partial charge in [-0.1, -0.05) is 12.1 Å². The summed E-state index contributed by atoms with van der Waals surface area (Å²) in [6, 6.07) is 9.42. The van der Waals surface area contributed by atoms with Crippen molar-refractivity contribution in [3.8, 4) is 5.75 Å². The molecule has 3 heterocycles. The van der Waals surface area contributed by atoms with Crippen molar-refractivity contribution in [2.24, 2.45) is 7.05 Å². The van der Waals surface area contributed by atoms with E-state index in [4.69, 9.17) is 4.74 Å². The number of rotatable bonds is 5. The van der Waals surface area contributed by atoms with E-state index in [-0.39, 0.29) is 10.8 Å². The highest BCUT2D eigenvalue weighted by molar-refractivity contribution is 7.89. The SMILES string of the molecule is COc1ccccc1N1CCN(C(=O)c2cc(S(=O)(=O)N3CCCC3)c(C)n2C)CC1. The van der Waals surface area contributed by atoms with E-state index >= 15 is 0 Å². The first-order valence-electron chi connectivity index (χ1n) is 10.7. The Morgan fingerprint density at radius 2 is 1.65 bits per heavy atom. The fourth-order valence-electron chi connectivity index (χ4n) is 4.41. The summed E-state index contributed by atoms with van der Waals surface area (Å²) in [5.41, 5.74) is 2.04. The predicted molar refractivity (Wildman–Crippen MR) is 119 cm³/mol. The summed E-state index contributed by atoms with van der Waals surface area (Å²) >= 11 is 0. The van der Waals surface area contributed by atoms with Crippen molar-refractivity contribution >= 4 is 21.6 Å². The molecule has 2 aliphatic heterocycles. The third-order valence-corrected chi connectivity index (χ3v) is 8.40. The summed E-state index contributed by atoms with van der Waals surface area (Å²) in [4.78, 5) is 17.5. The Bertz CT molecular complexity index is 1070. The first kappa shape index (κ1) is 21.7. The van der Waals surface area contributed by atoms with Crippen molar-refractivity contribution in [3.63, 3.8) is 0 Å². The van der Waals surface area contributed by atoms with Gasteiger partial charge in [0.15, 0.2) is 0 Å². The van der Waals surface area contributed by atoms with E-state index in [9.17, 15) is 13.2 Å². The molecule has 9 heteroatoms. The van der Waals surface area contributed by atoms with Crippen molar-refractivity contribution in [2.75, 3.05) is 51.3 Å². The number of para-hydroxylation sites is 2. The standard InChI is InChI=1S/C22H30N4O4S/c1-17-21(31(28,29)26-10-6-7-11-26)16-19(23(17)2)22(27)25-14-12-24(13-15-25)18-8-4-5-9-20(18)30-3/h4-5,8-9,16H,6-7,10-15H2,1-3H3. The lowest BCUT2D eigenvalue weighted by Gasteiger charge is -2.36. The molecule has 2 fully saturated rings. The number of amides is 1. The van der Waals surface area contributed by atoms with Gasteiger partial charge in [-0.2, -0.15) is 4.31 Å². The predicted octanol–water partition coefficient (Wildman–Crippen LogP) is 2.09. The Labute approximate surface area is 184 Å². The van der Waals surface area contributed by atoms with Crippen LogP contribution in [0.15, 0.2) is 35.2 Å². The van der Waals surface area contributed by atoms with Gasteiger partial charge in [-0.15, -0.1) is 0 Å². The molecule has 0 bridgehead atoms. The van der Waals surface area contributed by atoms with Crippen LogP contribution in [0.1, 0.15) is 29.0 Å². The van der Waals surface area contributed by atoms with Gasteiger partial charge in [0.05, 0.1) is 12.8 Å². The van der Waals surface area contributed by atoms with Crippen LogP contribution >= 0.6 is 0 Å². The van der Waals surface area contributed by atoms with Gasteiger partial charge in [0.25, 0.3) is 5.91 Å². The van der Waals surface area contributed by atoms with E-state index in [0.29, 0.717) is 50.7 Å². The quantitative estimate of drug-likeness (QED) is 0.703. The van der Waals surface area contributed by atoms with Gasteiger partial charge in [0.1, 0.15) is 16.3 Å². The lowest BCUT2D eigenvalue weighted by molar-refractivity contribution is 0.0737. The molecule has 1 amide bonds. The Morgan fingerprint density at radius 3 is 2.29 bits per heavy atom. The topological polar surface area (TPSA) is 75.1 Å². The Morgan fingerprint density at radius 1 is 1.00 bits per heavy atom. The van der Waals surface area contributed by atoms with Gasteiger partial charge in [-0.3, -0.25) is 4.79 Å². The summed E-state index contributed by atoms with van der Waals surface area (Å²) in [5.74, 6) is 0.685. The van der Waals surface area contributed by atoms with Gasteiger partial charge < -0.3 is 19.1 Å². The van der Waals surface area contributed by atoms with E-state index in [1.165, 1.54) is 4.31 Å². The number of sulfonamides is 1. The van der Waals surface area contributed by atoms with Crippen molar-refractivity contribution in [2.45, 2.75) is 24.7 Å². The second-order valence-electron chi connectivity index (χ2n) is 8.10. The molecule has 0 spiro atoms. The Balaban J connectivity index is 1.51. The average molecular weight is 447 g/mol. The Hall–Kier alpha value is -2.52. The van der Waals surface area contributed by atoms with Crippen LogP contribution < -0.4 is 9.64 Å². The monoisotopic (exact) mass is 446 g/mol. The minimum absolute atomic E-state index is 0.131. The molecule has 4 rings (SSSR count). The van der Waals surface area contributed by atoms with Crippen LogP contribution in [0.2, 0.25) is 0 Å². The number of nitrogens with zero attached hydrogens (tertiary/aromatic N) is 4. The maximum absolute atomic E-state index is 13.3. The second-order valence-corrected chi connectivity index (χ2v) is 10.0. The van der Waals surface area contributed by atoms with Crippen molar-refractivity contribution in [1.29, 1.82) is 0 Å². The van der Waals surface area contributed by atoms with E-state index in [1.807, 2.05) is 24.3 Å². The Kier molecular flexibility index (Phi) is 5.98. The largest absolute Gasteiger partial charge is 0.495 e. The number of methoxy groups -OCH3 is 1. The molecule has 8 nitrogen and oxygen atoms in total. The lowest BCUT2D eigenvalue weighted by Crippen LogP contribution is -2.49. The molecule has 31 heavy (non-hydrogen) atoms. The highest BCUT2D eigenvalue weighted by atomic mass is 32.2. The maximum Gasteiger partial charge on any atom is 0.270 e. The third-order valence-electron chi connectivity index (χ3n) is 6.38. The maximum atomic E-state index is 13.3. The van der Waals surface area contributed by atoms with Crippen molar-refractivity contribution in [1.82, 2.24) is 13.8 Å². The van der Waals surface area contributed by atoms with Crippen LogP contribution in [0, 0.1) is 6.92 Å².